The van der Waals surface area contributed by atoms with Crippen LogP contribution < -0.4 is 0 Å². The Morgan fingerprint density at radius 2 is 2.06 bits per heavy atom. The summed E-state index contributed by atoms with van der Waals surface area (Å²) in [5, 5.41) is 1.20. The first-order valence-corrected chi connectivity index (χ1v) is 5.83. The van der Waals surface area contributed by atoms with E-state index in [2.05, 4.69) is 23.6 Å². The molecule has 0 amide bonds. The number of esters is 1. The SMILES string of the molecule is CCOC(=O)Cc1c(C)c2ccccc2n1C. The predicted molar refractivity (Wildman–Crippen MR) is 68.0 cm³/mol. The van der Waals surface area contributed by atoms with Crippen LogP contribution in [0.15, 0.2) is 24.3 Å². The second kappa shape index (κ2) is 4.62. The molecule has 0 saturated heterocycles. The highest BCUT2D eigenvalue weighted by Crippen LogP contribution is 2.24. The van der Waals surface area contributed by atoms with Crippen molar-refractivity contribution in [2.45, 2.75) is 20.3 Å². The number of aryl methyl sites for hydroxylation is 2. The number of benzene rings is 1. The summed E-state index contributed by atoms with van der Waals surface area (Å²) in [4.78, 5) is 11.6. The Morgan fingerprint density at radius 1 is 1.35 bits per heavy atom. The number of aromatic nitrogens is 1. The first kappa shape index (κ1) is 11.7. The maximum Gasteiger partial charge on any atom is 0.311 e. The lowest BCUT2D eigenvalue weighted by Gasteiger charge is -2.05. The van der Waals surface area contributed by atoms with Crippen molar-refractivity contribution in [3.05, 3.63) is 35.5 Å². The molecule has 1 heterocycles. The summed E-state index contributed by atoms with van der Waals surface area (Å²) in [6, 6.07) is 8.18. The predicted octanol–water partition coefficient (Wildman–Crippen LogP) is 2.59. The Bertz CT molecular complexity index is 516. The highest BCUT2D eigenvalue weighted by Gasteiger charge is 2.14. The van der Waals surface area contributed by atoms with E-state index < -0.39 is 0 Å². The summed E-state index contributed by atoms with van der Waals surface area (Å²) in [6.07, 6.45) is 0.338. The van der Waals surface area contributed by atoms with E-state index in [9.17, 15) is 4.79 Å². The Balaban J connectivity index is 2.44. The molecule has 2 aromatic rings. The van der Waals surface area contributed by atoms with Crippen molar-refractivity contribution in [1.82, 2.24) is 4.57 Å². The topological polar surface area (TPSA) is 31.2 Å². The van der Waals surface area contributed by atoms with Crippen molar-refractivity contribution in [1.29, 1.82) is 0 Å². The zero-order valence-electron chi connectivity index (χ0n) is 10.5. The molecule has 17 heavy (non-hydrogen) atoms. The molecular weight excluding hydrogens is 214 g/mol. The Labute approximate surface area is 101 Å². The van der Waals surface area contributed by atoms with Gasteiger partial charge < -0.3 is 9.30 Å². The molecule has 3 heteroatoms. The van der Waals surface area contributed by atoms with Crippen LogP contribution in [0.5, 0.6) is 0 Å². The van der Waals surface area contributed by atoms with Crippen LogP contribution in [0.4, 0.5) is 0 Å². The summed E-state index contributed by atoms with van der Waals surface area (Å²) >= 11 is 0. The van der Waals surface area contributed by atoms with Crippen LogP contribution >= 0.6 is 0 Å². The van der Waals surface area contributed by atoms with Gasteiger partial charge in [0, 0.05) is 23.6 Å². The fourth-order valence-corrected chi connectivity index (χ4v) is 2.24. The molecule has 3 nitrogen and oxygen atoms in total. The van der Waals surface area contributed by atoms with Crippen LogP contribution in [0, 0.1) is 6.92 Å². The van der Waals surface area contributed by atoms with Gasteiger partial charge in [-0.15, -0.1) is 0 Å². The van der Waals surface area contributed by atoms with E-state index in [0.29, 0.717) is 13.0 Å². The van der Waals surface area contributed by atoms with Crippen LogP contribution in [-0.4, -0.2) is 17.1 Å². The Morgan fingerprint density at radius 3 is 2.71 bits per heavy atom. The third-order valence-electron chi connectivity index (χ3n) is 3.12. The molecule has 0 unspecified atom stereocenters. The Kier molecular flexibility index (Phi) is 3.18. The fourth-order valence-electron chi connectivity index (χ4n) is 2.24. The van der Waals surface area contributed by atoms with Crippen LogP contribution in [0.3, 0.4) is 0 Å². The van der Waals surface area contributed by atoms with Gasteiger partial charge in [0.05, 0.1) is 13.0 Å². The van der Waals surface area contributed by atoms with E-state index in [0.717, 1.165) is 16.8 Å². The summed E-state index contributed by atoms with van der Waals surface area (Å²) < 4.78 is 7.07. The second-order valence-corrected chi connectivity index (χ2v) is 4.13. The third kappa shape index (κ3) is 2.05. The van der Waals surface area contributed by atoms with Gasteiger partial charge in [0.25, 0.3) is 0 Å². The summed E-state index contributed by atoms with van der Waals surface area (Å²) in [5.74, 6) is -0.165. The number of carbonyl (C=O) groups is 1. The van der Waals surface area contributed by atoms with Gasteiger partial charge in [-0.2, -0.15) is 0 Å². The van der Waals surface area contributed by atoms with Crippen molar-refractivity contribution in [2.24, 2.45) is 7.05 Å². The monoisotopic (exact) mass is 231 g/mol. The molecule has 0 N–H and O–H groups in total. The second-order valence-electron chi connectivity index (χ2n) is 4.13. The highest BCUT2D eigenvalue weighted by molar-refractivity contribution is 5.87. The largest absolute Gasteiger partial charge is 0.466 e. The van der Waals surface area contributed by atoms with E-state index in [1.165, 1.54) is 5.39 Å². The lowest BCUT2D eigenvalue weighted by Crippen LogP contribution is -2.11. The van der Waals surface area contributed by atoms with Gasteiger partial charge in [-0.25, -0.2) is 0 Å². The average molecular weight is 231 g/mol. The first-order chi connectivity index (χ1) is 8.15. The highest BCUT2D eigenvalue weighted by atomic mass is 16.5. The van der Waals surface area contributed by atoms with Gasteiger partial charge in [-0.3, -0.25) is 4.79 Å². The summed E-state index contributed by atoms with van der Waals surface area (Å²) in [5.41, 5.74) is 3.35. The molecule has 0 atom stereocenters. The quantitative estimate of drug-likeness (QED) is 0.760. The van der Waals surface area contributed by atoms with Crippen LogP contribution in [0.2, 0.25) is 0 Å². The maximum atomic E-state index is 11.6. The molecule has 0 bridgehead atoms. The molecule has 0 spiro atoms. The number of nitrogens with zero attached hydrogens (tertiary/aromatic N) is 1. The molecule has 0 aliphatic rings. The minimum Gasteiger partial charge on any atom is -0.466 e. The zero-order chi connectivity index (χ0) is 12.4. The van der Waals surface area contributed by atoms with Crippen molar-refractivity contribution >= 4 is 16.9 Å². The van der Waals surface area contributed by atoms with Crippen LogP contribution in [-0.2, 0) is 23.0 Å². The number of rotatable bonds is 3. The minimum atomic E-state index is -0.165. The van der Waals surface area contributed by atoms with Gasteiger partial charge in [0.15, 0.2) is 0 Å². The first-order valence-electron chi connectivity index (χ1n) is 5.83. The average Bonchev–Trinajstić information content (AvgIpc) is 2.56. The number of ether oxygens (including phenoxy) is 1. The molecule has 1 aromatic heterocycles. The molecule has 0 aliphatic heterocycles. The smallest absolute Gasteiger partial charge is 0.311 e. The van der Waals surface area contributed by atoms with Gasteiger partial charge in [0.1, 0.15) is 0 Å². The Hall–Kier alpha value is -1.77. The van der Waals surface area contributed by atoms with Gasteiger partial charge >= 0.3 is 5.97 Å². The third-order valence-corrected chi connectivity index (χ3v) is 3.12. The molecule has 1 aromatic carbocycles. The molecule has 2 rings (SSSR count). The van der Waals surface area contributed by atoms with Crippen LogP contribution in [0.25, 0.3) is 10.9 Å². The van der Waals surface area contributed by atoms with Gasteiger partial charge in [0.2, 0.25) is 0 Å². The minimum absolute atomic E-state index is 0.165. The van der Waals surface area contributed by atoms with Crippen molar-refractivity contribution in [3.8, 4) is 0 Å². The number of hydrogen-bond donors (Lipinski definition) is 0. The molecule has 0 saturated carbocycles. The standard InChI is InChI=1S/C14H17NO2/c1-4-17-14(16)9-13-10(2)11-7-5-6-8-12(11)15(13)3/h5-8H,4,9H2,1-3H3. The number of para-hydroxylation sites is 1. The van der Waals surface area contributed by atoms with E-state index >= 15 is 0 Å². The van der Waals surface area contributed by atoms with E-state index in [1.807, 2.05) is 26.1 Å². The maximum absolute atomic E-state index is 11.6. The van der Waals surface area contributed by atoms with E-state index in [1.54, 1.807) is 0 Å². The number of carbonyl (C=O) groups excluding carboxylic acids is 1. The van der Waals surface area contributed by atoms with E-state index in [-0.39, 0.29) is 5.97 Å². The lowest BCUT2D eigenvalue weighted by molar-refractivity contribution is -0.142. The lowest BCUT2D eigenvalue weighted by atomic mass is 10.1. The molecule has 90 valence electrons. The van der Waals surface area contributed by atoms with Crippen LogP contribution in [0.1, 0.15) is 18.2 Å². The molecule has 0 fully saturated rings. The van der Waals surface area contributed by atoms with Crippen molar-refractivity contribution in [2.75, 3.05) is 6.61 Å². The zero-order valence-corrected chi connectivity index (χ0v) is 10.5. The number of hydrogen-bond acceptors (Lipinski definition) is 2. The van der Waals surface area contributed by atoms with Crippen molar-refractivity contribution in [3.63, 3.8) is 0 Å². The summed E-state index contributed by atoms with van der Waals surface area (Å²) in [7, 11) is 1.99. The number of fused-ring (bicyclic) bond motifs is 1. The summed E-state index contributed by atoms with van der Waals surface area (Å²) in [6.45, 7) is 4.31. The molecule has 0 radical (unpaired) electrons. The van der Waals surface area contributed by atoms with Gasteiger partial charge in [-0.05, 0) is 25.5 Å². The normalized spacial score (nSPS) is 10.8. The fraction of sp³-hybridized carbons (Fsp3) is 0.357. The molecular formula is C14H17NO2. The van der Waals surface area contributed by atoms with Gasteiger partial charge in [-0.1, -0.05) is 18.2 Å². The molecule has 0 aliphatic carbocycles. The van der Waals surface area contributed by atoms with Crippen molar-refractivity contribution < 1.29 is 9.53 Å². The van der Waals surface area contributed by atoms with E-state index in [4.69, 9.17) is 4.74 Å².